The van der Waals surface area contributed by atoms with Gasteiger partial charge in [0, 0.05) is 84.4 Å². The predicted molar refractivity (Wildman–Crippen MR) is 164 cm³/mol. The number of benzene rings is 1. The lowest BCUT2D eigenvalue weighted by molar-refractivity contribution is -0.117. The molecule has 6 rings (SSSR count). The summed E-state index contributed by atoms with van der Waals surface area (Å²) in [5, 5.41) is 0. The molecule has 0 bridgehead atoms. The zero-order valence-corrected chi connectivity index (χ0v) is 24.5. The van der Waals surface area contributed by atoms with Gasteiger partial charge in [0.1, 0.15) is 17.5 Å². The van der Waals surface area contributed by atoms with E-state index in [0.29, 0.717) is 31.0 Å². The molecule has 3 aliphatic rings. The molecule has 0 spiro atoms. The van der Waals surface area contributed by atoms with Crippen LogP contribution in [0.15, 0.2) is 42.6 Å². The van der Waals surface area contributed by atoms with Crippen LogP contribution in [0, 0.1) is 0 Å². The van der Waals surface area contributed by atoms with Crippen LogP contribution in [0.1, 0.15) is 21.5 Å². The molecule has 2 saturated heterocycles. The average Bonchev–Trinajstić information content (AvgIpc) is 3.00. The summed E-state index contributed by atoms with van der Waals surface area (Å²) < 4.78 is 0. The van der Waals surface area contributed by atoms with Crippen molar-refractivity contribution < 1.29 is 9.59 Å². The van der Waals surface area contributed by atoms with Gasteiger partial charge in [0.2, 0.25) is 11.9 Å². The van der Waals surface area contributed by atoms with Crippen molar-refractivity contribution in [1.82, 2.24) is 24.8 Å². The number of carbonyl (C=O) groups is 2. The topological polar surface area (TPSA) is 118 Å². The molecule has 2 N–H and O–H groups in total. The number of rotatable bonds is 5. The second-order valence-electron chi connectivity index (χ2n) is 11.4. The molecule has 2 fully saturated rings. The SMILES string of the molecule is CN1CCN(c2cc(N3CCc4ccc(N5CCN(c6ccc(C(=O)N(C)C)cn6)CC5=O)cc4C3)nc(N)n2)CC1. The molecule has 2 amide bonds. The second kappa shape index (κ2) is 11.4. The van der Waals surface area contributed by atoms with Gasteiger partial charge in [-0.3, -0.25) is 9.59 Å². The Balaban J connectivity index is 1.14. The maximum Gasteiger partial charge on any atom is 0.254 e. The maximum absolute atomic E-state index is 13.3. The fourth-order valence-corrected chi connectivity index (χ4v) is 5.81. The summed E-state index contributed by atoms with van der Waals surface area (Å²) in [5.74, 6) is 2.62. The first-order chi connectivity index (χ1) is 20.2. The van der Waals surface area contributed by atoms with Gasteiger partial charge in [0.25, 0.3) is 5.91 Å². The molecular formula is C30H38N10O2. The van der Waals surface area contributed by atoms with E-state index in [1.54, 1.807) is 26.4 Å². The normalized spacial score (nSPS) is 17.8. The number of anilines is 5. The number of aromatic nitrogens is 3. The number of pyridine rings is 1. The Morgan fingerprint density at radius 2 is 1.52 bits per heavy atom. The molecule has 12 heteroatoms. The maximum atomic E-state index is 13.3. The van der Waals surface area contributed by atoms with Crippen molar-refractivity contribution in [1.29, 1.82) is 0 Å². The van der Waals surface area contributed by atoms with Crippen LogP contribution in [0.2, 0.25) is 0 Å². The van der Waals surface area contributed by atoms with Crippen LogP contribution in [0.4, 0.5) is 29.1 Å². The van der Waals surface area contributed by atoms with Gasteiger partial charge in [-0.15, -0.1) is 0 Å². The van der Waals surface area contributed by atoms with Crippen molar-refractivity contribution in [2.45, 2.75) is 13.0 Å². The van der Waals surface area contributed by atoms with E-state index in [2.05, 4.69) is 61.0 Å². The van der Waals surface area contributed by atoms with Crippen molar-refractivity contribution in [3.8, 4) is 0 Å². The highest BCUT2D eigenvalue weighted by Gasteiger charge is 2.28. The number of hydrogen-bond acceptors (Lipinski definition) is 10. The van der Waals surface area contributed by atoms with Crippen molar-refractivity contribution in [3.05, 3.63) is 59.3 Å². The smallest absolute Gasteiger partial charge is 0.254 e. The summed E-state index contributed by atoms with van der Waals surface area (Å²) >= 11 is 0. The molecule has 3 aliphatic heterocycles. The molecule has 2 aromatic heterocycles. The predicted octanol–water partition coefficient (Wildman–Crippen LogP) is 1.32. The van der Waals surface area contributed by atoms with Crippen LogP contribution in [0.5, 0.6) is 0 Å². The van der Waals surface area contributed by atoms with Crippen LogP contribution in [-0.4, -0.2) is 110 Å². The third kappa shape index (κ3) is 5.67. The molecule has 0 aliphatic carbocycles. The molecule has 0 saturated carbocycles. The summed E-state index contributed by atoms with van der Waals surface area (Å²) in [6.07, 6.45) is 2.46. The van der Waals surface area contributed by atoms with E-state index in [9.17, 15) is 9.59 Å². The number of amides is 2. The molecule has 220 valence electrons. The van der Waals surface area contributed by atoms with Gasteiger partial charge in [-0.25, -0.2) is 4.98 Å². The number of nitrogen functional groups attached to an aromatic ring is 1. The Hall–Kier alpha value is -4.45. The third-order valence-electron chi connectivity index (χ3n) is 8.33. The van der Waals surface area contributed by atoms with E-state index in [1.165, 1.54) is 16.0 Å². The molecule has 0 radical (unpaired) electrons. The molecule has 3 aromatic rings. The summed E-state index contributed by atoms with van der Waals surface area (Å²) in [4.78, 5) is 51.2. The quantitative estimate of drug-likeness (QED) is 0.481. The molecular weight excluding hydrogens is 532 g/mol. The van der Waals surface area contributed by atoms with Gasteiger partial charge in [0.05, 0.1) is 12.1 Å². The van der Waals surface area contributed by atoms with Crippen LogP contribution < -0.4 is 25.3 Å². The largest absolute Gasteiger partial charge is 0.368 e. The second-order valence-corrected chi connectivity index (χ2v) is 11.4. The first kappa shape index (κ1) is 27.7. The van der Waals surface area contributed by atoms with Crippen LogP contribution in [-0.2, 0) is 17.8 Å². The van der Waals surface area contributed by atoms with E-state index in [0.717, 1.165) is 56.5 Å². The molecule has 0 unspecified atom stereocenters. The number of nitrogens with two attached hydrogens (primary N) is 1. The molecule has 42 heavy (non-hydrogen) atoms. The number of likely N-dealkylation sites (N-methyl/N-ethyl adjacent to an activating group) is 1. The summed E-state index contributed by atoms with van der Waals surface area (Å²) in [7, 11) is 5.56. The summed E-state index contributed by atoms with van der Waals surface area (Å²) in [6.45, 7) is 6.78. The first-order valence-corrected chi connectivity index (χ1v) is 14.4. The molecule has 1 aromatic carbocycles. The fourth-order valence-electron chi connectivity index (χ4n) is 5.81. The highest BCUT2D eigenvalue weighted by molar-refractivity contribution is 5.98. The molecule has 5 heterocycles. The van der Waals surface area contributed by atoms with Crippen molar-refractivity contribution >= 4 is 40.9 Å². The average molecular weight is 571 g/mol. The van der Waals surface area contributed by atoms with Gasteiger partial charge >= 0.3 is 0 Å². The van der Waals surface area contributed by atoms with E-state index >= 15 is 0 Å². The van der Waals surface area contributed by atoms with Gasteiger partial charge in [-0.1, -0.05) is 6.07 Å². The zero-order chi connectivity index (χ0) is 29.4. The zero-order valence-electron chi connectivity index (χ0n) is 24.5. The Kier molecular flexibility index (Phi) is 7.55. The van der Waals surface area contributed by atoms with Crippen LogP contribution in [0.25, 0.3) is 0 Å². The highest BCUT2D eigenvalue weighted by Crippen LogP contribution is 2.30. The highest BCUT2D eigenvalue weighted by atomic mass is 16.2. The van der Waals surface area contributed by atoms with E-state index < -0.39 is 0 Å². The minimum Gasteiger partial charge on any atom is -0.368 e. The monoisotopic (exact) mass is 570 g/mol. The van der Waals surface area contributed by atoms with E-state index in [1.807, 2.05) is 15.9 Å². The lowest BCUT2D eigenvalue weighted by atomic mass is 9.98. The Morgan fingerprint density at radius 1 is 0.810 bits per heavy atom. The lowest BCUT2D eigenvalue weighted by Crippen LogP contribution is -2.51. The Bertz CT molecular complexity index is 1470. The minimum atomic E-state index is -0.0976. The van der Waals surface area contributed by atoms with Crippen molar-refractivity contribution in [2.75, 3.05) is 98.8 Å². The Morgan fingerprint density at radius 3 is 2.21 bits per heavy atom. The number of fused-ring (bicyclic) bond motifs is 1. The first-order valence-electron chi connectivity index (χ1n) is 14.4. The number of piperazine rings is 2. The molecule has 12 nitrogen and oxygen atoms in total. The standard InChI is InChI=1S/C30H38N10O2/c1-35(2)29(42)22-5-7-25(32-18-22)39-14-15-40(28(41)20-39)24-6-4-21-8-9-38(19-23(21)16-24)27-17-26(33-30(31)34-27)37-12-10-36(3)11-13-37/h4-7,16-18H,8-15,19-20H2,1-3H3,(H2,31,33,34). The van der Waals surface area contributed by atoms with Gasteiger partial charge in [-0.2, -0.15) is 9.97 Å². The third-order valence-corrected chi connectivity index (χ3v) is 8.33. The molecule has 0 atom stereocenters. The van der Waals surface area contributed by atoms with Crippen LogP contribution >= 0.6 is 0 Å². The number of nitrogens with zero attached hydrogens (tertiary/aromatic N) is 9. The van der Waals surface area contributed by atoms with E-state index in [4.69, 9.17) is 5.73 Å². The number of hydrogen-bond donors (Lipinski definition) is 1. The van der Waals surface area contributed by atoms with Crippen LogP contribution in [0.3, 0.4) is 0 Å². The van der Waals surface area contributed by atoms with Gasteiger partial charge in [0.15, 0.2) is 0 Å². The summed E-state index contributed by atoms with van der Waals surface area (Å²) in [5.41, 5.74) is 10.1. The minimum absolute atomic E-state index is 0.0181. The summed E-state index contributed by atoms with van der Waals surface area (Å²) in [6, 6.07) is 12.0. The lowest BCUT2D eigenvalue weighted by Gasteiger charge is -2.36. The van der Waals surface area contributed by atoms with E-state index in [-0.39, 0.29) is 24.3 Å². The fraction of sp³-hybridized carbons (Fsp3) is 0.433. The van der Waals surface area contributed by atoms with Gasteiger partial charge in [-0.05, 0) is 48.9 Å². The van der Waals surface area contributed by atoms with Crippen molar-refractivity contribution in [3.63, 3.8) is 0 Å². The Labute approximate surface area is 246 Å². The number of carbonyl (C=O) groups excluding carboxylic acids is 2. The van der Waals surface area contributed by atoms with Gasteiger partial charge < -0.3 is 35.1 Å². The van der Waals surface area contributed by atoms with Crippen molar-refractivity contribution in [2.24, 2.45) is 0 Å².